The van der Waals surface area contributed by atoms with E-state index in [9.17, 15) is 8.42 Å². The highest BCUT2D eigenvalue weighted by Gasteiger charge is 2.21. The summed E-state index contributed by atoms with van der Waals surface area (Å²) < 4.78 is 22.0. The SMILES string of the molecule is O=S(=O)([CH+]Cl)c1ccccc1. The van der Waals surface area contributed by atoms with Crippen LogP contribution in [0.5, 0.6) is 0 Å². The maximum atomic E-state index is 11.0. The fourth-order valence-corrected chi connectivity index (χ4v) is 1.61. The van der Waals surface area contributed by atoms with E-state index in [1.807, 2.05) is 0 Å². The molecule has 0 unspecified atom stereocenters. The Morgan fingerprint density at radius 3 is 2.18 bits per heavy atom. The fraction of sp³-hybridized carbons (Fsp3) is 0. The third-order valence-electron chi connectivity index (χ3n) is 1.19. The minimum absolute atomic E-state index is 0.218. The van der Waals surface area contributed by atoms with Crippen LogP contribution in [0.25, 0.3) is 0 Å². The van der Waals surface area contributed by atoms with Crippen LogP contribution in [0.1, 0.15) is 0 Å². The number of hydrogen-bond acceptors (Lipinski definition) is 2. The zero-order valence-electron chi connectivity index (χ0n) is 5.57. The summed E-state index contributed by atoms with van der Waals surface area (Å²) in [7, 11) is -3.36. The Bertz CT molecular complexity index is 318. The van der Waals surface area contributed by atoms with Gasteiger partial charge >= 0.3 is 15.0 Å². The summed E-state index contributed by atoms with van der Waals surface area (Å²) in [5.41, 5.74) is 0. The van der Waals surface area contributed by atoms with E-state index in [4.69, 9.17) is 11.6 Å². The number of halogens is 1. The van der Waals surface area contributed by atoms with Crippen LogP contribution in [0.3, 0.4) is 0 Å². The molecule has 0 amide bonds. The summed E-state index contributed by atoms with van der Waals surface area (Å²) in [6.45, 7) is 0. The van der Waals surface area contributed by atoms with Crippen LogP contribution in [0, 0.1) is 5.21 Å². The van der Waals surface area contributed by atoms with Gasteiger partial charge in [-0.2, -0.15) is 8.42 Å². The van der Waals surface area contributed by atoms with Crippen molar-refractivity contribution >= 4 is 21.4 Å². The molecule has 0 atom stereocenters. The van der Waals surface area contributed by atoms with Crippen molar-refractivity contribution < 1.29 is 8.42 Å². The Kier molecular flexibility index (Phi) is 2.42. The van der Waals surface area contributed by atoms with Crippen molar-refractivity contribution in [3.63, 3.8) is 0 Å². The zero-order chi connectivity index (χ0) is 8.32. The maximum absolute atomic E-state index is 11.0. The van der Waals surface area contributed by atoms with E-state index in [0.717, 1.165) is 0 Å². The molecule has 1 rings (SSSR count). The van der Waals surface area contributed by atoms with Gasteiger partial charge in [0.2, 0.25) is 0 Å². The Morgan fingerprint density at radius 2 is 1.73 bits per heavy atom. The fourth-order valence-electron chi connectivity index (χ4n) is 0.662. The Labute approximate surface area is 70.7 Å². The first-order valence-electron chi connectivity index (χ1n) is 2.90. The first kappa shape index (κ1) is 8.43. The molecule has 0 aliphatic carbocycles. The maximum Gasteiger partial charge on any atom is 0.341 e. The van der Waals surface area contributed by atoms with Crippen LogP contribution >= 0.6 is 11.6 Å². The Balaban J connectivity index is 3.14. The molecule has 0 fully saturated rings. The largest absolute Gasteiger partial charge is 0.341 e. The molecule has 0 spiro atoms. The molecule has 0 saturated heterocycles. The van der Waals surface area contributed by atoms with E-state index in [1.54, 1.807) is 18.2 Å². The van der Waals surface area contributed by atoms with E-state index in [0.29, 0.717) is 5.21 Å². The smallest absolute Gasteiger partial charge is 0.176 e. The van der Waals surface area contributed by atoms with Gasteiger partial charge in [0.15, 0.2) is 11.6 Å². The number of hydrogen-bond donors (Lipinski definition) is 0. The van der Waals surface area contributed by atoms with Crippen LogP contribution < -0.4 is 0 Å². The van der Waals surface area contributed by atoms with E-state index in [2.05, 4.69) is 0 Å². The van der Waals surface area contributed by atoms with Crippen LogP contribution in [0.4, 0.5) is 0 Å². The molecule has 0 radical (unpaired) electrons. The van der Waals surface area contributed by atoms with Crippen molar-refractivity contribution in [3.8, 4) is 0 Å². The second kappa shape index (κ2) is 3.15. The minimum atomic E-state index is -3.36. The average Bonchev–Trinajstić information content (AvgIpc) is 2.06. The number of rotatable bonds is 2. The first-order valence-corrected chi connectivity index (χ1v) is 4.88. The summed E-state index contributed by atoms with van der Waals surface area (Å²) in [5.74, 6) is 0. The highest BCUT2D eigenvalue weighted by Crippen LogP contribution is 2.13. The lowest BCUT2D eigenvalue weighted by Gasteiger charge is -1.89. The molecule has 0 heterocycles. The molecule has 0 aliphatic rings. The topological polar surface area (TPSA) is 34.1 Å². The molecule has 58 valence electrons. The Morgan fingerprint density at radius 1 is 1.18 bits per heavy atom. The van der Waals surface area contributed by atoms with Gasteiger partial charge in [-0.15, -0.1) is 0 Å². The lowest BCUT2D eigenvalue weighted by molar-refractivity contribution is 0.603. The van der Waals surface area contributed by atoms with Crippen molar-refractivity contribution in [1.82, 2.24) is 0 Å². The van der Waals surface area contributed by atoms with E-state index >= 15 is 0 Å². The first-order chi connectivity index (χ1) is 5.17. The van der Waals surface area contributed by atoms with Crippen LogP contribution in [-0.4, -0.2) is 8.42 Å². The number of benzene rings is 1. The standard InChI is InChI=1S/C7H6ClO2S/c8-6-11(9,10)7-4-2-1-3-5-7/h1-6H/q+1. The van der Waals surface area contributed by atoms with Gasteiger partial charge in [-0.1, -0.05) is 18.2 Å². The van der Waals surface area contributed by atoms with Gasteiger partial charge in [0, 0.05) is 0 Å². The summed E-state index contributed by atoms with van der Waals surface area (Å²) >= 11 is 5.11. The highest BCUT2D eigenvalue weighted by molar-refractivity contribution is 7.94. The quantitative estimate of drug-likeness (QED) is 0.666. The van der Waals surface area contributed by atoms with Gasteiger partial charge in [-0.25, -0.2) is 0 Å². The normalized spacial score (nSPS) is 11.0. The van der Waals surface area contributed by atoms with E-state index in [1.165, 1.54) is 12.1 Å². The molecule has 0 aromatic heterocycles. The van der Waals surface area contributed by atoms with Crippen molar-refractivity contribution in [2.45, 2.75) is 4.90 Å². The van der Waals surface area contributed by atoms with Gasteiger partial charge in [0.05, 0.1) is 0 Å². The molecular weight excluding hydrogens is 184 g/mol. The second-order valence-electron chi connectivity index (χ2n) is 1.95. The van der Waals surface area contributed by atoms with Gasteiger partial charge < -0.3 is 0 Å². The molecule has 1 aromatic carbocycles. The highest BCUT2D eigenvalue weighted by atomic mass is 35.5. The summed E-state index contributed by atoms with van der Waals surface area (Å²) in [5, 5.41) is 0.669. The van der Waals surface area contributed by atoms with Crippen LogP contribution in [0.15, 0.2) is 35.2 Å². The summed E-state index contributed by atoms with van der Waals surface area (Å²) in [6.07, 6.45) is 0. The van der Waals surface area contributed by atoms with E-state index in [-0.39, 0.29) is 4.90 Å². The molecular formula is C7H6ClO2S+. The molecule has 0 N–H and O–H groups in total. The van der Waals surface area contributed by atoms with Crippen LogP contribution in [0.2, 0.25) is 0 Å². The van der Waals surface area contributed by atoms with Crippen LogP contribution in [-0.2, 0) is 9.84 Å². The molecule has 4 heteroatoms. The van der Waals surface area contributed by atoms with Crippen molar-refractivity contribution in [3.05, 3.63) is 35.5 Å². The van der Waals surface area contributed by atoms with Crippen molar-refractivity contribution in [1.29, 1.82) is 0 Å². The number of sulfone groups is 1. The molecule has 0 bridgehead atoms. The molecule has 1 aromatic rings. The molecule has 0 aliphatic heterocycles. The van der Waals surface area contributed by atoms with Gasteiger partial charge in [-0.05, 0) is 12.1 Å². The third kappa shape index (κ3) is 1.88. The predicted molar refractivity (Wildman–Crippen MR) is 43.8 cm³/mol. The van der Waals surface area contributed by atoms with Crippen molar-refractivity contribution in [2.24, 2.45) is 0 Å². The molecule has 11 heavy (non-hydrogen) atoms. The van der Waals surface area contributed by atoms with Gasteiger partial charge in [-0.3, -0.25) is 0 Å². The summed E-state index contributed by atoms with van der Waals surface area (Å²) in [4.78, 5) is 0.218. The molecule has 0 saturated carbocycles. The predicted octanol–water partition coefficient (Wildman–Crippen LogP) is 1.82. The second-order valence-corrected chi connectivity index (χ2v) is 4.22. The van der Waals surface area contributed by atoms with Crippen molar-refractivity contribution in [2.75, 3.05) is 0 Å². The average molecular weight is 190 g/mol. The lowest BCUT2D eigenvalue weighted by Crippen LogP contribution is -1.96. The Hall–Kier alpha value is -0.670. The third-order valence-corrected chi connectivity index (χ3v) is 3.06. The van der Waals surface area contributed by atoms with Gasteiger partial charge in [0.1, 0.15) is 4.90 Å². The molecule has 2 nitrogen and oxygen atoms in total. The van der Waals surface area contributed by atoms with Gasteiger partial charge in [0.25, 0.3) is 0 Å². The monoisotopic (exact) mass is 189 g/mol. The zero-order valence-corrected chi connectivity index (χ0v) is 7.14. The van der Waals surface area contributed by atoms with E-state index < -0.39 is 9.84 Å². The summed E-state index contributed by atoms with van der Waals surface area (Å²) in [6, 6.07) is 8.02. The lowest BCUT2D eigenvalue weighted by atomic mass is 10.4. The minimum Gasteiger partial charge on any atom is -0.176 e.